The molecule has 1 aromatic carbocycles. The van der Waals surface area contributed by atoms with Crippen LogP contribution in [-0.4, -0.2) is 29.3 Å². The van der Waals surface area contributed by atoms with Crippen molar-refractivity contribution in [2.45, 2.75) is 44.3 Å². The number of aryl methyl sites for hydroxylation is 1. The molecule has 5 heteroatoms. The normalized spacial score (nSPS) is 23.9. The van der Waals surface area contributed by atoms with Crippen LogP contribution in [0.4, 0.5) is 8.78 Å². The molecule has 1 amide bonds. The number of carbonyl (C=O) groups excluding carboxylic acids is 1. The molecule has 1 saturated heterocycles. The lowest BCUT2D eigenvalue weighted by Crippen LogP contribution is -2.35. The molecule has 1 spiro atoms. The van der Waals surface area contributed by atoms with Crippen LogP contribution < -0.4 is 5.32 Å². The van der Waals surface area contributed by atoms with E-state index in [4.69, 9.17) is 0 Å². The Morgan fingerprint density at radius 2 is 2.00 bits per heavy atom. The fraction of sp³-hybridized carbons (Fsp3) is 0.533. The number of nitrogens with one attached hydrogen (secondary N) is 1. The summed E-state index contributed by atoms with van der Waals surface area (Å²) in [5, 5.41) is 3.24. The topological polar surface area (TPSA) is 32.3 Å². The zero-order valence-electron chi connectivity index (χ0n) is 11.4. The van der Waals surface area contributed by atoms with Crippen LogP contribution >= 0.6 is 0 Å². The second kappa shape index (κ2) is 4.81. The second-order valence-corrected chi connectivity index (χ2v) is 5.57. The molecule has 3 rings (SSSR count). The SMILES string of the molecule is CCc1ccc(C2NC3(CC3)C(=O)N2CC(F)F)cc1. The monoisotopic (exact) mass is 280 g/mol. The number of amides is 1. The van der Waals surface area contributed by atoms with E-state index in [0.717, 1.165) is 24.8 Å². The number of nitrogens with zero attached hydrogens (tertiary/aromatic N) is 1. The predicted octanol–water partition coefficient (Wildman–Crippen LogP) is 2.48. The summed E-state index contributed by atoms with van der Waals surface area (Å²) in [7, 11) is 0. The highest BCUT2D eigenvalue weighted by atomic mass is 19.3. The minimum absolute atomic E-state index is 0.178. The first-order valence-electron chi connectivity index (χ1n) is 7.01. The van der Waals surface area contributed by atoms with E-state index in [1.54, 1.807) is 0 Å². The molecule has 1 atom stereocenters. The van der Waals surface area contributed by atoms with Crippen molar-refractivity contribution in [1.29, 1.82) is 0 Å². The quantitative estimate of drug-likeness (QED) is 0.919. The van der Waals surface area contributed by atoms with E-state index in [1.165, 1.54) is 10.5 Å². The molecule has 1 aromatic rings. The zero-order chi connectivity index (χ0) is 14.3. The van der Waals surface area contributed by atoms with Crippen molar-refractivity contribution in [1.82, 2.24) is 10.2 Å². The van der Waals surface area contributed by atoms with Gasteiger partial charge in [0.25, 0.3) is 6.43 Å². The lowest BCUT2D eigenvalue weighted by atomic mass is 10.1. The van der Waals surface area contributed by atoms with Gasteiger partial charge in [-0.1, -0.05) is 31.2 Å². The largest absolute Gasteiger partial charge is 0.316 e. The van der Waals surface area contributed by atoms with E-state index in [1.807, 2.05) is 24.3 Å². The first-order chi connectivity index (χ1) is 9.55. The molecule has 1 aliphatic carbocycles. The van der Waals surface area contributed by atoms with Gasteiger partial charge >= 0.3 is 0 Å². The fourth-order valence-corrected chi connectivity index (χ4v) is 2.81. The molecule has 108 valence electrons. The van der Waals surface area contributed by atoms with Crippen molar-refractivity contribution in [3.63, 3.8) is 0 Å². The summed E-state index contributed by atoms with van der Waals surface area (Å²) in [6, 6.07) is 7.81. The highest BCUT2D eigenvalue weighted by Gasteiger charge is 2.59. The van der Waals surface area contributed by atoms with Crippen molar-refractivity contribution >= 4 is 5.91 Å². The Morgan fingerprint density at radius 1 is 1.35 bits per heavy atom. The summed E-state index contributed by atoms with van der Waals surface area (Å²) in [4.78, 5) is 13.6. The molecular weight excluding hydrogens is 262 g/mol. The van der Waals surface area contributed by atoms with E-state index in [-0.39, 0.29) is 5.91 Å². The molecule has 1 unspecified atom stereocenters. The van der Waals surface area contributed by atoms with Gasteiger partial charge < -0.3 is 4.90 Å². The van der Waals surface area contributed by atoms with Crippen LogP contribution in [-0.2, 0) is 11.2 Å². The van der Waals surface area contributed by atoms with Crippen molar-refractivity contribution in [3.8, 4) is 0 Å². The summed E-state index contributed by atoms with van der Waals surface area (Å²) < 4.78 is 25.4. The molecule has 2 fully saturated rings. The number of alkyl halides is 2. The van der Waals surface area contributed by atoms with E-state index in [9.17, 15) is 13.6 Å². The first kappa shape index (κ1) is 13.5. The molecule has 20 heavy (non-hydrogen) atoms. The number of hydrogen-bond acceptors (Lipinski definition) is 2. The van der Waals surface area contributed by atoms with Gasteiger partial charge in [-0.25, -0.2) is 8.78 Å². The van der Waals surface area contributed by atoms with E-state index in [0.29, 0.717) is 0 Å². The molecule has 0 radical (unpaired) electrons. The van der Waals surface area contributed by atoms with Crippen LogP contribution in [0.5, 0.6) is 0 Å². The molecule has 3 nitrogen and oxygen atoms in total. The van der Waals surface area contributed by atoms with Crippen molar-refractivity contribution in [3.05, 3.63) is 35.4 Å². The minimum atomic E-state index is -2.51. The van der Waals surface area contributed by atoms with Gasteiger partial charge in [-0.15, -0.1) is 0 Å². The van der Waals surface area contributed by atoms with Gasteiger partial charge in [-0.3, -0.25) is 10.1 Å². The van der Waals surface area contributed by atoms with Crippen molar-refractivity contribution < 1.29 is 13.6 Å². The third kappa shape index (κ3) is 2.20. The standard InChI is InChI=1S/C15H18F2N2O/c1-2-10-3-5-11(6-4-10)13-18-15(7-8-15)14(20)19(13)9-12(16)17/h3-6,12-13,18H,2,7-9H2,1H3. The maximum atomic E-state index is 12.7. The molecule has 1 aliphatic heterocycles. The number of halogens is 2. The maximum absolute atomic E-state index is 12.7. The average molecular weight is 280 g/mol. The summed E-state index contributed by atoms with van der Waals surface area (Å²) >= 11 is 0. The highest BCUT2D eigenvalue weighted by Crippen LogP contribution is 2.46. The number of rotatable bonds is 4. The number of hydrogen-bond donors (Lipinski definition) is 1. The number of carbonyl (C=O) groups is 1. The van der Waals surface area contributed by atoms with E-state index < -0.39 is 24.7 Å². The molecule has 1 heterocycles. The van der Waals surface area contributed by atoms with Crippen molar-refractivity contribution in [2.24, 2.45) is 0 Å². The van der Waals surface area contributed by atoms with Gasteiger partial charge in [-0.2, -0.15) is 0 Å². The smallest absolute Gasteiger partial charge is 0.255 e. The minimum Gasteiger partial charge on any atom is -0.316 e. The Labute approximate surface area is 117 Å². The zero-order valence-corrected chi connectivity index (χ0v) is 11.4. The maximum Gasteiger partial charge on any atom is 0.255 e. The molecule has 1 saturated carbocycles. The Balaban J connectivity index is 1.87. The lowest BCUT2D eigenvalue weighted by Gasteiger charge is -2.24. The highest BCUT2D eigenvalue weighted by molar-refractivity contribution is 5.92. The fourth-order valence-electron chi connectivity index (χ4n) is 2.81. The Hall–Kier alpha value is -1.49. The third-order valence-corrected chi connectivity index (χ3v) is 4.18. The third-order valence-electron chi connectivity index (χ3n) is 4.18. The van der Waals surface area contributed by atoms with Crippen LogP contribution in [0.25, 0.3) is 0 Å². The van der Waals surface area contributed by atoms with Gasteiger partial charge in [0.15, 0.2) is 0 Å². The van der Waals surface area contributed by atoms with Gasteiger partial charge in [-0.05, 0) is 30.4 Å². The molecule has 0 aromatic heterocycles. The van der Waals surface area contributed by atoms with Crippen molar-refractivity contribution in [2.75, 3.05) is 6.54 Å². The summed E-state index contributed by atoms with van der Waals surface area (Å²) in [6.45, 7) is 1.56. The van der Waals surface area contributed by atoms with E-state index >= 15 is 0 Å². The van der Waals surface area contributed by atoms with Gasteiger partial charge in [0, 0.05) is 0 Å². The lowest BCUT2D eigenvalue weighted by molar-refractivity contribution is -0.132. The van der Waals surface area contributed by atoms with Crippen LogP contribution in [0.1, 0.15) is 37.1 Å². The summed E-state index contributed by atoms with van der Waals surface area (Å²) in [5.41, 5.74) is 1.50. The second-order valence-electron chi connectivity index (χ2n) is 5.57. The van der Waals surface area contributed by atoms with Crippen LogP contribution in [0.2, 0.25) is 0 Å². The van der Waals surface area contributed by atoms with Crippen LogP contribution in [0.15, 0.2) is 24.3 Å². The number of benzene rings is 1. The van der Waals surface area contributed by atoms with Crippen LogP contribution in [0, 0.1) is 0 Å². The van der Waals surface area contributed by atoms with E-state index in [2.05, 4.69) is 12.2 Å². The molecule has 0 bridgehead atoms. The molecule has 2 aliphatic rings. The first-order valence-corrected chi connectivity index (χ1v) is 7.01. The molecular formula is C15H18F2N2O. The van der Waals surface area contributed by atoms with Gasteiger partial charge in [0.05, 0.1) is 6.54 Å². The van der Waals surface area contributed by atoms with Gasteiger partial charge in [0.1, 0.15) is 11.7 Å². The summed E-state index contributed by atoms with van der Waals surface area (Å²) in [6.07, 6.45) is -0.511. The Bertz CT molecular complexity index is 511. The van der Waals surface area contributed by atoms with Crippen LogP contribution in [0.3, 0.4) is 0 Å². The van der Waals surface area contributed by atoms with Gasteiger partial charge in [0.2, 0.25) is 5.91 Å². The predicted molar refractivity (Wildman–Crippen MR) is 71.4 cm³/mol. The summed E-state index contributed by atoms with van der Waals surface area (Å²) in [5.74, 6) is -0.178. The Morgan fingerprint density at radius 3 is 2.50 bits per heavy atom. The Kier molecular flexibility index (Phi) is 3.24. The molecule has 1 N–H and O–H groups in total. The average Bonchev–Trinajstić information content (AvgIpc) is 3.17.